The first kappa shape index (κ1) is 25.4. The molecule has 1 N–H and O–H groups in total. The van der Waals surface area contributed by atoms with Gasteiger partial charge in [0.05, 0.1) is 0 Å². The molecule has 0 aromatic rings. The van der Waals surface area contributed by atoms with Crippen LogP contribution in [0.3, 0.4) is 0 Å². The summed E-state index contributed by atoms with van der Waals surface area (Å²) in [6, 6.07) is 0. The molecule has 188 valence electrons. The smallest absolute Gasteiger partial charge is 0.331 e. The van der Waals surface area contributed by atoms with Gasteiger partial charge < -0.3 is 5.11 Å². The van der Waals surface area contributed by atoms with Gasteiger partial charge >= 0.3 is 5.97 Å². The molecule has 0 aromatic heterocycles. The molecule has 0 aliphatic heterocycles. The van der Waals surface area contributed by atoms with E-state index in [2.05, 4.69) is 41.5 Å². The van der Waals surface area contributed by atoms with E-state index in [4.69, 9.17) is 5.11 Å². The van der Waals surface area contributed by atoms with Gasteiger partial charge in [0.1, 0.15) is 5.78 Å². The molecule has 0 bridgehead atoms. The van der Waals surface area contributed by atoms with E-state index in [0.717, 1.165) is 38.5 Å². The molecule has 2 saturated carbocycles. The van der Waals surface area contributed by atoms with Crippen LogP contribution in [0.1, 0.15) is 106 Å². The van der Waals surface area contributed by atoms with Crippen molar-refractivity contribution in [3.63, 3.8) is 0 Å². The number of rotatable bonds is 5. The Balaban J connectivity index is 1.63. The Morgan fingerprint density at radius 2 is 1.68 bits per heavy atom. The van der Waals surface area contributed by atoms with E-state index in [9.17, 15) is 14.4 Å². The molecule has 6 unspecified atom stereocenters. The maximum Gasteiger partial charge on any atom is 0.331 e. The maximum absolute atomic E-state index is 12.8. The van der Waals surface area contributed by atoms with Gasteiger partial charge in [-0.05, 0) is 91.9 Å². The highest BCUT2D eigenvalue weighted by molar-refractivity contribution is 5.98. The number of carbonyl (C=O) groups is 3. The molecule has 0 heterocycles. The SMILES string of the molecule is CC(=CC(=O)CC(C)C1CCC2(C)C3=C(CCC12C)C1(C)CCC(=O)C(C)(C)C1CC3)C(=O)O. The van der Waals surface area contributed by atoms with Gasteiger partial charge in [0.2, 0.25) is 0 Å². The molecule has 4 aliphatic carbocycles. The standard InChI is InChI=1S/C30H44O4/c1-18(16-20(31)17-19(2)26(33)34)21-10-14-30(7)23-8-9-24-27(3,4)25(32)12-13-28(24,5)22(23)11-15-29(21,30)6/h17-18,21,24H,8-16H2,1-7H3,(H,33,34). The molecule has 34 heavy (non-hydrogen) atoms. The topological polar surface area (TPSA) is 71.4 Å². The van der Waals surface area contributed by atoms with Crippen molar-refractivity contribution in [3.05, 3.63) is 22.8 Å². The molecule has 0 spiro atoms. The first-order valence-corrected chi connectivity index (χ1v) is 13.4. The van der Waals surface area contributed by atoms with Crippen LogP contribution in [0.2, 0.25) is 0 Å². The Labute approximate surface area is 205 Å². The first-order valence-electron chi connectivity index (χ1n) is 13.4. The highest BCUT2D eigenvalue weighted by Crippen LogP contribution is 2.72. The van der Waals surface area contributed by atoms with Gasteiger partial charge in [-0.2, -0.15) is 0 Å². The third-order valence-corrected chi connectivity index (χ3v) is 11.5. The Bertz CT molecular complexity index is 984. The molecule has 0 amide bonds. The van der Waals surface area contributed by atoms with Crippen LogP contribution < -0.4 is 0 Å². The lowest BCUT2D eigenvalue weighted by atomic mass is 9.43. The summed E-state index contributed by atoms with van der Waals surface area (Å²) in [7, 11) is 0. The van der Waals surface area contributed by atoms with Crippen LogP contribution in [0.25, 0.3) is 0 Å². The second-order valence-electron chi connectivity index (χ2n) is 13.3. The van der Waals surface area contributed by atoms with Gasteiger partial charge in [0.15, 0.2) is 5.78 Å². The van der Waals surface area contributed by atoms with Crippen molar-refractivity contribution in [2.75, 3.05) is 0 Å². The van der Waals surface area contributed by atoms with Gasteiger partial charge in [-0.3, -0.25) is 9.59 Å². The van der Waals surface area contributed by atoms with Crippen molar-refractivity contribution in [3.8, 4) is 0 Å². The van der Waals surface area contributed by atoms with E-state index >= 15 is 0 Å². The summed E-state index contributed by atoms with van der Waals surface area (Å²) in [4.78, 5) is 36.5. The van der Waals surface area contributed by atoms with Crippen molar-refractivity contribution < 1.29 is 19.5 Å². The number of fused-ring (bicyclic) bond motifs is 4. The van der Waals surface area contributed by atoms with Crippen molar-refractivity contribution >= 4 is 17.5 Å². The fourth-order valence-corrected chi connectivity index (χ4v) is 9.26. The predicted molar refractivity (Wildman–Crippen MR) is 134 cm³/mol. The zero-order valence-corrected chi connectivity index (χ0v) is 22.3. The lowest BCUT2D eigenvalue weighted by Crippen LogP contribution is -2.53. The Morgan fingerprint density at radius 1 is 1.00 bits per heavy atom. The number of aliphatic carboxylic acids is 1. The number of ketones is 2. The lowest BCUT2D eigenvalue weighted by molar-refractivity contribution is -0.139. The van der Waals surface area contributed by atoms with Crippen molar-refractivity contribution in [1.82, 2.24) is 0 Å². The maximum atomic E-state index is 12.8. The molecule has 2 fully saturated rings. The number of hydrogen-bond acceptors (Lipinski definition) is 3. The summed E-state index contributed by atoms with van der Waals surface area (Å²) in [6.07, 6.45) is 10.2. The number of carbonyl (C=O) groups excluding carboxylic acids is 2. The van der Waals surface area contributed by atoms with Crippen LogP contribution in [0.15, 0.2) is 22.8 Å². The Morgan fingerprint density at radius 3 is 2.32 bits per heavy atom. The average molecular weight is 469 g/mol. The van der Waals surface area contributed by atoms with Crippen molar-refractivity contribution in [2.24, 2.45) is 39.4 Å². The largest absolute Gasteiger partial charge is 0.478 e. The van der Waals surface area contributed by atoms with E-state index < -0.39 is 5.97 Å². The quantitative estimate of drug-likeness (QED) is 0.351. The Kier molecular flexibility index (Phi) is 6.10. The predicted octanol–water partition coefficient (Wildman–Crippen LogP) is 6.93. The van der Waals surface area contributed by atoms with Crippen molar-refractivity contribution in [2.45, 2.75) is 106 Å². The summed E-state index contributed by atoms with van der Waals surface area (Å²) in [5.41, 5.74) is 3.68. The third-order valence-electron chi connectivity index (χ3n) is 11.5. The minimum atomic E-state index is -1.02. The number of carboxylic acid groups (broad SMARTS) is 1. The summed E-state index contributed by atoms with van der Waals surface area (Å²) >= 11 is 0. The van der Waals surface area contributed by atoms with E-state index in [-0.39, 0.29) is 38.9 Å². The van der Waals surface area contributed by atoms with Gasteiger partial charge in [-0.1, -0.05) is 52.7 Å². The fraction of sp³-hybridized carbons (Fsp3) is 0.767. The summed E-state index contributed by atoms with van der Waals surface area (Å²) in [6.45, 7) is 15.5. The zero-order valence-electron chi connectivity index (χ0n) is 22.3. The number of carboxylic acids is 1. The molecule has 4 rings (SSSR count). The molecule has 0 saturated heterocycles. The van der Waals surface area contributed by atoms with E-state index in [1.807, 2.05) is 0 Å². The van der Waals surface area contributed by atoms with Gasteiger partial charge in [0.25, 0.3) is 0 Å². The van der Waals surface area contributed by atoms with E-state index in [1.54, 1.807) is 11.1 Å². The molecular formula is C30H44O4. The third kappa shape index (κ3) is 3.49. The minimum Gasteiger partial charge on any atom is -0.478 e. The van der Waals surface area contributed by atoms with Gasteiger partial charge in [-0.15, -0.1) is 0 Å². The molecule has 0 radical (unpaired) electrons. The molecule has 4 aliphatic rings. The van der Waals surface area contributed by atoms with E-state index in [1.165, 1.54) is 19.4 Å². The monoisotopic (exact) mass is 468 g/mol. The Hall–Kier alpha value is -1.71. The van der Waals surface area contributed by atoms with Crippen LogP contribution in [0, 0.1) is 39.4 Å². The van der Waals surface area contributed by atoms with Crippen LogP contribution in [-0.4, -0.2) is 22.6 Å². The summed E-state index contributed by atoms with van der Waals surface area (Å²) in [5.74, 6) is 0.483. The molecule has 4 nitrogen and oxygen atoms in total. The molecule has 6 atom stereocenters. The van der Waals surface area contributed by atoms with Crippen molar-refractivity contribution in [1.29, 1.82) is 0 Å². The normalized spacial score (nSPS) is 40.3. The van der Waals surface area contributed by atoms with Crippen LogP contribution in [0.5, 0.6) is 0 Å². The molecule has 0 aromatic carbocycles. The summed E-state index contributed by atoms with van der Waals surface area (Å²) < 4.78 is 0. The molecule has 4 heteroatoms. The lowest BCUT2D eigenvalue weighted by Gasteiger charge is -2.60. The number of allylic oxidation sites excluding steroid dienone is 3. The van der Waals surface area contributed by atoms with Gasteiger partial charge in [-0.25, -0.2) is 4.79 Å². The number of Topliss-reactive ketones (excluding diaryl/α,β-unsaturated/α-hetero) is 1. The van der Waals surface area contributed by atoms with Gasteiger partial charge in [0, 0.05) is 23.8 Å². The molecular weight excluding hydrogens is 424 g/mol. The second kappa shape index (κ2) is 8.17. The highest BCUT2D eigenvalue weighted by Gasteiger charge is 2.63. The second-order valence-corrected chi connectivity index (χ2v) is 13.3. The zero-order chi connectivity index (χ0) is 25.3. The van der Waals surface area contributed by atoms with Crippen LogP contribution in [0.4, 0.5) is 0 Å². The highest BCUT2D eigenvalue weighted by atomic mass is 16.4. The first-order chi connectivity index (χ1) is 15.7. The summed E-state index contributed by atoms with van der Waals surface area (Å²) in [5, 5.41) is 9.12. The number of hydrogen-bond donors (Lipinski definition) is 1. The van der Waals surface area contributed by atoms with E-state index in [0.29, 0.717) is 30.5 Å². The minimum absolute atomic E-state index is 0.0672. The fourth-order valence-electron chi connectivity index (χ4n) is 9.26. The average Bonchev–Trinajstić information content (AvgIpc) is 3.02. The van der Waals surface area contributed by atoms with Crippen LogP contribution >= 0.6 is 0 Å². The van der Waals surface area contributed by atoms with Crippen LogP contribution in [-0.2, 0) is 14.4 Å².